The van der Waals surface area contributed by atoms with Crippen LogP contribution in [0.1, 0.15) is 22.3 Å². The van der Waals surface area contributed by atoms with Gasteiger partial charge in [0.25, 0.3) is 0 Å². The standard InChI is InChI=1S/C35H27NO2/c1-20-9-7-12-26-27-13-8-10-21(2)34(27)36(33(20)26)25-17-22(3)32(23(4)18-25)24-15-16-29-31(19-24)38-30-14-6-5-11-28(30)35(29)37/h5-19H,1-4H3. The Labute approximate surface area is 220 Å². The zero-order chi connectivity index (χ0) is 26.1. The van der Waals surface area contributed by atoms with Gasteiger partial charge in [0, 0.05) is 16.5 Å². The summed E-state index contributed by atoms with van der Waals surface area (Å²) >= 11 is 0. The predicted molar refractivity (Wildman–Crippen MR) is 159 cm³/mol. The molecule has 0 saturated carbocycles. The summed E-state index contributed by atoms with van der Waals surface area (Å²) in [4.78, 5) is 13.1. The minimum Gasteiger partial charge on any atom is -0.456 e. The smallest absolute Gasteiger partial charge is 0.200 e. The maximum atomic E-state index is 13.1. The van der Waals surface area contributed by atoms with Gasteiger partial charge in [0.15, 0.2) is 0 Å². The van der Waals surface area contributed by atoms with Crippen molar-refractivity contribution in [2.24, 2.45) is 0 Å². The number of rotatable bonds is 2. The number of aryl methyl sites for hydroxylation is 4. The van der Waals surface area contributed by atoms with Crippen LogP contribution in [0.2, 0.25) is 0 Å². The van der Waals surface area contributed by atoms with Gasteiger partial charge >= 0.3 is 0 Å². The molecule has 2 heterocycles. The highest BCUT2D eigenvalue weighted by Gasteiger charge is 2.18. The molecule has 0 amide bonds. The summed E-state index contributed by atoms with van der Waals surface area (Å²) in [5.41, 5.74) is 12.0. The predicted octanol–water partition coefficient (Wildman–Crippen LogP) is 8.94. The van der Waals surface area contributed by atoms with Gasteiger partial charge in [0.05, 0.1) is 21.8 Å². The first-order valence-electron chi connectivity index (χ1n) is 13.0. The van der Waals surface area contributed by atoms with Crippen LogP contribution in [0.15, 0.2) is 100 Å². The summed E-state index contributed by atoms with van der Waals surface area (Å²) in [6.45, 7) is 8.71. The zero-order valence-electron chi connectivity index (χ0n) is 21.9. The van der Waals surface area contributed by atoms with E-state index in [1.54, 1.807) is 0 Å². The van der Waals surface area contributed by atoms with Crippen LogP contribution in [0.3, 0.4) is 0 Å². The Morgan fingerprint density at radius 1 is 0.553 bits per heavy atom. The number of nitrogens with zero attached hydrogens (tertiary/aromatic N) is 1. The van der Waals surface area contributed by atoms with E-state index in [2.05, 4.69) is 80.8 Å². The molecule has 0 atom stereocenters. The minimum atomic E-state index is 0.00861. The van der Waals surface area contributed by atoms with Crippen molar-refractivity contribution in [3.8, 4) is 16.8 Å². The van der Waals surface area contributed by atoms with E-state index in [1.807, 2.05) is 42.5 Å². The topological polar surface area (TPSA) is 35.1 Å². The van der Waals surface area contributed by atoms with Crippen molar-refractivity contribution < 1.29 is 4.42 Å². The van der Waals surface area contributed by atoms with Crippen molar-refractivity contribution >= 4 is 43.7 Å². The monoisotopic (exact) mass is 493 g/mol. The summed E-state index contributed by atoms with van der Waals surface area (Å²) in [7, 11) is 0. The summed E-state index contributed by atoms with van der Waals surface area (Å²) in [5.74, 6) is 0. The Morgan fingerprint density at radius 3 is 1.79 bits per heavy atom. The lowest BCUT2D eigenvalue weighted by atomic mass is 9.94. The van der Waals surface area contributed by atoms with Crippen molar-refractivity contribution in [2.75, 3.05) is 0 Å². The molecule has 0 aliphatic heterocycles. The molecule has 0 fully saturated rings. The van der Waals surface area contributed by atoms with Crippen molar-refractivity contribution in [3.63, 3.8) is 0 Å². The van der Waals surface area contributed by atoms with Crippen LogP contribution in [0, 0.1) is 27.7 Å². The van der Waals surface area contributed by atoms with E-state index in [-0.39, 0.29) is 5.43 Å². The quantitative estimate of drug-likeness (QED) is 0.225. The van der Waals surface area contributed by atoms with Crippen molar-refractivity contribution in [1.82, 2.24) is 4.57 Å². The molecule has 184 valence electrons. The lowest BCUT2D eigenvalue weighted by Crippen LogP contribution is -2.02. The Balaban J connectivity index is 1.46. The van der Waals surface area contributed by atoms with Crippen molar-refractivity contribution in [1.29, 1.82) is 0 Å². The third-order valence-electron chi connectivity index (χ3n) is 7.86. The normalized spacial score (nSPS) is 11.8. The van der Waals surface area contributed by atoms with Crippen molar-refractivity contribution in [3.05, 3.63) is 123 Å². The van der Waals surface area contributed by atoms with Crippen LogP contribution >= 0.6 is 0 Å². The van der Waals surface area contributed by atoms with Gasteiger partial charge in [-0.05, 0) is 97.5 Å². The Morgan fingerprint density at radius 2 is 1.13 bits per heavy atom. The second kappa shape index (κ2) is 8.19. The molecule has 7 aromatic rings. The van der Waals surface area contributed by atoms with Crippen LogP contribution in [-0.2, 0) is 0 Å². The number of aromatic nitrogens is 1. The molecular formula is C35H27NO2. The SMILES string of the molecule is Cc1cc(-n2c3c(C)cccc3c3cccc(C)c32)cc(C)c1-c1ccc2c(=O)c3ccccc3oc2c1. The Bertz CT molecular complexity index is 2060. The molecule has 0 aliphatic carbocycles. The van der Waals surface area contributed by atoms with Crippen LogP contribution in [-0.4, -0.2) is 4.57 Å². The molecule has 38 heavy (non-hydrogen) atoms. The van der Waals surface area contributed by atoms with E-state index in [0.29, 0.717) is 21.9 Å². The number of hydrogen-bond donors (Lipinski definition) is 0. The molecule has 0 N–H and O–H groups in total. The van der Waals surface area contributed by atoms with E-state index in [1.165, 1.54) is 49.6 Å². The van der Waals surface area contributed by atoms with E-state index >= 15 is 0 Å². The lowest BCUT2D eigenvalue weighted by Gasteiger charge is -2.17. The van der Waals surface area contributed by atoms with Gasteiger partial charge in [0.2, 0.25) is 5.43 Å². The average Bonchev–Trinajstić information content (AvgIpc) is 3.25. The van der Waals surface area contributed by atoms with Crippen LogP contribution in [0.5, 0.6) is 0 Å². The second-order valence-electron chi connectivity index (χ2n) is 10.4. The van der Waals surface area contributed by atoms with E-state index in [0.717, 1.165) is 11.3 Å². The van der Waals surface area contributed by atoms with Gasteiger partial charge in [-0.2, -0.15) is 0 Å². The summed E-state index contributed by atoms with van der Waals surface area (Å²) in [5, 5.41) is 3.77. The number of benzene rings is 5. The molecule has 7 rings (SSSR count). The molecule has 3 nitrogen and oxygen atoms in total. The first kappa shape index (κ1) is 22.6. The fourth-order valence-electron chi connectivity index (χ4n) is 6.20. The fourth-order valence-corrected chi connectivity index (χ4v) is 6.20. The Hall–Kier alpha value is -4.63. The van der Waals surface area contributed by atoms with Gasteiger partial charge in [-0.15, -0.1) is 0 Å². The minimum absolute atomic E-state index is 0.00861. The van der Waals surface area contributed by atoms with E-state index < -0.39 is 0 Å². The van der Waals surface area contributed by atoms with Gasteiger partial charge in [-0.25, -0.2) is 0 Å². The Kier molecular flexibility index (Phi) is 4.86. The highest BCUT2D eigenvalue weighted by atomic mass is 16.3. The number of hydrogen-bond acceptors (Lipinski definition) is 2. The van der Waals surface area contributed by atoms with E-state index in [4.69, 9.17) is 4.42 Å². The number of para-hydroxylation sites is 3. The second-order valence-corrected chi connectivity index (χ2v) is 10.4. The molecule has 3 heteroatoms. The molecule has 0 bridgehead atoms. The van der Waals surface area contributed by atoms with E-state index in [9.17, 15) is 4.79 Å². The third kappa shape index (κ3) is 3.18. The molecule has 0 radical (unpaired) electrons. The molecule has 0 saturated heterocycles. The summed E-state index contributed by atoms with van der Waals surface area (Å²) in [6.07, 6.45) is 0. The summed E-state index contributed by atoms with van der Waals surface area (Å²) < 4.78 is 8.59. The average molecular weight is 494 g/mol. The third-order valence-corrected chi connectivity index (χ3v) is 7.86. The molecule has 5 aromatic carbocycles. The molecule has 0 unspecified atom stereocenters. The van der Waals surface area contributed by atoms with Gasteiger partial charge < -0.3 is 8.98 Å². The maximum Gasteiger partial charge on any atom is 0.200 e. The molecule has 2 aromatic heterocycles. The molecule has 0 spiro atoms. The van der Waals surface area contributed by atoms with Gasteiger partial charge in [-0.1, -0.05) is 54.6 Å². The van der Waals surface area contributed by atoms with Gasteiger partial charge in [-0.3, -0.25) is 4.79 Å². The van der Waals surface area contributed by atoms with Gasteiger partial charge in [0.1, 0.15) is 11.2 Å². The first-order valence-corrected chi connectivity index (χ1v) is 13.0. The van der Waals surface area contributed by atoms with Crippen LogP contribution in [0.25, 0.3) is 60.6 Å². The summed E-state index contributed by atoms with van der Waals surface area (Å²) in [6, 6.07) is 31.0. The number of fused-ring (bicyclic) bond motifs is 5. The maximum absolute atomic E-state index is 13.1. The highest BCUT2D eigenvalue weighted by molar-refractivity contribution is 6.11. The molecule has 0 aliphatic rings. The van der Waals surface area contributed by atoms with Crippen molar-refractivity contribution in [2.45, 2.75) is 27.7 Å². The molecular weight excluding hydrogens is 466 g/mol. The largest absolute Gasteiger partial charge is 0.456 e. The first-order chi connectivity index (χ1) is 18.4. The highest BCUT2D eigenvalue weighted by Crippen LogP contribution is 2.38. The van der Waals surface area contributed by atoms with Crippen LogP contribution < -0.4 is 5.43 Å². The fraction of sp³-hybridized carbons (Fsp3) is 0.114. The zero-order valence-corrected chi connectivity index (χ0v) is 21.9. The lowest BCUT2D eigenvalue weighted by molar-refractivity contribution is 0.660. The van der Waals surface area contributed by atoms with Crippen LogP contribution in [0.4, 0.5) is 0 Å².